The number of carbonyl (C=O) groups excluding carboxylic acids is 1. The second-order valence-electron chi connectivity index (χ2n) is 7.45. The topological polar surface area (TPSA) is 82.8 Å². The second kappa shape index (κ2) is 10.3. The van der Waals surface area contributed by atoms with Gasteiger partial charge in [-0.15, -0.1) is 0 Å². The fourth-order valence-electron chi connectivity index (χ4n) is 3.29. The van der Waals surface area contributed by atoms with E-state index in [1.165, 1.54) is 25.5 Å². The van der Waals surface area contributed by atoms with Crippen LogP contribution in [0.15, 0.2) is 81.1 Å². The maximum absolute atomic E-state index is 13.3. The van der Waals surface area contributed by atoms with Gasteiger partial charge in [0.1, 0.15) is 5.75 Å². The normalized spacial score (nSPS) is 11.7. The molecule has 4 rings (SSSR count). The van der Waals surface area contributed by atoms with Gasteiger partial charge in [-0.1, -0.05) is 24.3 Å². The van der Waals surface area contributed by atoms with Crippen molar-refractivity contribution < 1.29 is 27.4 Å². The summed E-state index contributed by atoms with van der Waals surface area (Å²) in [4.78, 5) is 29.0. The largest absolute Gasteiger partial charge is 0.481 e. The molecule has 0 saturated heterocycles. The fourth-order valence-corrected chi connectivity index (χ4v) is 3.80. The highest BCUT2D eigenvalue weighted by atomic mass is 79.9. The summed E-state index contributed by atoms with van der Waals surface area (Å²) in [5.41, 5.74) is -0.457. The van der Waals surface area contributed by atoms with Crippen molar-refractivity contribution in [3.8, 4) is 17.1 Å². The third kappa shape index (κ3) is 5.46. The van der Waals surface area contributed by atoms with Crippen molar-refractivity contribution in [3.63, 3.8) is 0 Å². The molecule has 0 aliphatic heterocycles. The van der Waals surface area contributed by atoms with Gasteiger partial charge in [0, 0.05) is 5.56 Å². The Labute approximate surface area is 210 Å². The molecule has 1 aromatic heterocycles. The van der Waals surface area contributed by atoms with Crippen LogP contribution in [-0.2, 0) is 15.7 Å². The molecular weight excluding hydrogens is 543 g/mol. The van der Waals surface area contributed by atoms with E-state index >= 15 is 0 Å². The second-order valence-corrected chi connectivity index (χ2v) is 8.30. The van der Waals surface area contributed by atoms with E-state index in [4.69, 9.17) is 4.74 Å². The predicted octanol–water partition coefficient (Wildman–Crippen LogP) is 5.28. The fraction of sp³-hybridized carbons (Fsp3) is 0.120. The van der Waals surface area contributed by atoms with Crippen molar-refractivity contribution in [2.24, 2.45) is 5.10 Å². The van der Waals surface area contributed by atoms with Crippen molar-refractivity contribution in [3.05, 3.63) is 92.7 Å². The smallest absolute Gasteiger partial charge is 0.416 e. The zero-order chi connectivity index (χ0) is 25.9. The highest BCUT2D eigenvalue weighted by molar-refractivity contribution is 9.10. The van der Waals surface area contributed by atoms with Gasteiger partial charge in [0.15, 0.2) is 12.4 Å². The van der Waals surface area contributed by atoms with Crippen LogP contribution in [0.3, 0.4) is 0 Å². The summed E-state index contributed by atoms with van der Waals surface area (Å²) in [7, 11) is 1.25. The average Bonchev–Trinajstić information content (AvgIpc) is 2.87. The number of halogens is 4. The first-order chi connectivity index (χ1) is 17.2. The number of methoxy groups -OCH3 is 1. The minimum atomic E-state index is -4.56. The molecule has 11 heteroatoms. The van der Waals surface area contributed by atoms with Gasteiger partial charge in [0.2, 0.25) is 0 Å². The van der Waals surface area contributed by atoms with Crippen LogP contribution in [0.4, 0.5) is 13.2 Å². The molecule has 36 heavy (non-hydrogen) atoms. The van der Waals surface area contributed by atoms with Gasteiger partial charge in [0.25, 0.3) is 5.56 Å². The molecule has 184 valence electrons. The highest BCUT2D eigenvalue weighted by Gasteiger charge is 2.31. The van der Waals surface area contributed by atoms with Gasteiger partial charge in [-0.3, -0.25) is 4.79 Å². The lowest BCUT2D eigenvalue weighted by Crippen LogP contribution is -2.20. The number of rotatable bonds is 6. The van der Waals surface area contributed by atoms with E-state index in [0.717, 1.165) is 16.8 Å². The van der Waals surface area contributed by atoms with E-state index in [2.05, 4.69) is 30.8 Å². The first kappa shape index (κ1) is 25.1. The SMILES string of the molecule is COC(=O)COc1ccc(C=Nn2c(-c3cccc(C(F)(F)F)c3)nc3ccccc3c2=O)cc1Br. The number of alkyl halides is 3. The number of esters is 1. The molecule has 0 aliphatic rings. The van der Waals surface area contributed by atoms with Gasteiger partial charge >= 0.3 is 12.1 Å². The Balaban J connectivity index is 1.77. The number of aromatic nitrogens is 2. The molecule has 3 aromatic carbocycles. The molecule has 0 N–H and O–H groups in total. The monoisotopic (exact) mass is 559 g/mol. The molecule has 0 spiro atoms. The molecule has 0 atom stereocenters. The van der Waals surface area contributed by atoms with E-state index in [9.17, 15) is 22.8 Å². The number of hydrogen-bond acceptors (Lipinski definition) is 6. The third-order valence-corrected chi connectivity index (χ3v) is 5.67. The minimum absolute atomic E-state index is 0.0434. The number of nitrogens with zero attached hydrogens (tertiary/aromatic N) is 3. The Morgan fingerprint density at radius 2 is 1.89 bits per heavy atom. The molecule has 0 fully saturated rings. The van der Waals surface area contributed by atoms with E-state index in [1.54, 1.807) is 42.5 Å². The lowest BCUT2D eigenvalue weighted by molar-refractivity contribution is -0.143. The quantitative estimate of drug-likeness (QED) is 0.237. The van der Waals surface area contributed by atoms with Gasteiger partial charge in [-0.2, -0.15) is 22.9 Å². The first-order valence-electron chi connectivity index (χ1n) is 10.4. The Kier molecular flexibility index (Phi) is 7.20. The van der Waals surface area contributed by atoms with Crippen LogP contribution in [0.25, 0.3) is 22.3 Å². The summed E-state index contributed by atoms with van der Waals surface area (Å²) < 4.78 is 51.3. The van der Waals surface area contributed by atoms with E-state index in [-0.39, 0.29) is 23.4 Å². The molecule has 0 aliphatic carbocycles. The van der Waals surface area contributed by atoms with Crippen LogP contribution in [-0.4, -0.2) is 35.6 Å². The van der Waals surface area contributed by atoms with E-state index < -0.39 is 23.3 Å². The van der Waals surface area contributed by atoms with E-state index in [1.807, 2.05) is 0 Å². The summed E-state index contributed by atoms with van der Waals surface area (Å²) in [5, 5.41) is 4.51. The number of carbonyl (C=O) groups is 1. The van der Waals surface area contributed by atoms with Crippen LogP contribution in [0.1, 0.15) is 11.1 Å². The molecule has 4 aromatic rings. The maximum Gasteiger partial charge on any atom is 0.416 e. The number of ether oxygens (including phenoxy) is 2. The maximum atomic E-state index is 13.3. The minimum Gasteiger partial charge on any atom is -0.481 e. The molecule has 0 radical (unpaired) electrons. The number of fused-ring (bicyclic) bond motifs is 1. The predicted molar refractivity (Wildman–Crippen MR) is 131 cm³/mol. The lowest BCUT2D eigenvalue weighted by Gasteiger charge is -2.12. The molecule has 0 amide bonds. The van der Waals surface area contributed by atoms with Crippen LogP contribution >= 0.6 is 15.9 Å². The van der Waals surface area contributed by atoms with Gasteiger partial charge in [0.05, 0.1) is 34.3 Å². The highest BCUT2D eigenvalue weighted by Crippen LogP contribution is 2.32. The molecule has 7 nitrogen and oxygen atoms in total. The van der Waals surface area contributed by atoms with Crippen LogP contribution < -0.4 is 10.3 Å². The van der Waals surface area contributed by atoms with Crippen LogP contribution in [0.5, 0.6) is 5.75 Å². The van der Waals surface area contributed by atoms with Crippen LogP contribution in [0.2, 0.25) is 0 Å². The molecule has 0 saturated carbocycles. The van der Waals surface area contributed by atoms with Crippen molar-refractivity contribution in [2.75, 3.05) is 13.7 Å². The standard InChI is InChI=1S/C25H17BrF3N3O4/c1-35-22(33)14-36-21-10-9-15(11-19(21)26)13-30-32-23(16-5-4-6-17(12-16)25(27,28)29)31-20-8-3-2-7-18(20)24(32)34/h2-13H,14H2,1H3. The first-order valence-corrected chi connectivity index (χ1v) is 11.2. The van der Waals surface area contributed by atoms with E-state index in [0.29, 0.717) is 21.3 Å². The molecular formula is C25H17BrF3N3O4. The Bertz CT molecular complexity index is 1530. The van der Waals surface area contributed by atoms with Gasteiger partial charge in [-0.25, -0.2) is 9.78 Å². The van der Waals surface area contributed by atoms with Crippen molar-refractivity contribution in [1.82, 2.24) is 9.66 Å². The number of hydrogen-bond donors (Lipinski definition) is 0. The van der Waals surface area contributed by atoms with Crippen LogP contribution in [0, 0.1) is 0 Å². The third-order valence-electron chi connectivity index (χ3n) is 5.05. The average molecular weight is 560 g/mol. The molecule has 0 unspecified atom stereocenters. The van der Waals surface area contributed by atoms with Gasteiger partial charge in [-0.05, 0) is 64.0 Å². The number of benzene rings is 3. The van der Waals surface area contributed by atoms with Crippen molar-refractivity contribution in [1.29, 1.82) is 0 Å². The summed E-state index contributed by atoms with van der Waals surface area (Å²) in [6.45, 7) is -0.277. The number of para-hydroxylation sites is 1. The zero-order valence-electron chi connectivity index (χ0n) is 18.6. The van der Waals surface area contributed by atoms with Crippen molar-refractivity contribution >= 4 is 39.0 Å². The molecule has 1 heterocycles. The Hall–Kier alpha value is -3.99. The Morgan fingerprint density at radius 1 is 1.11 bits per heavy atom. The molecule has 0 bridgehead atoms. The van der Waals surface area contributed by atoms with Crippen molar-refractivity contribution in [2.45, 2.75) is 6.18 Å². The summed E-state index contributed by atoms with van der Waals surface area (Å²) in [6.07, 6.45) is -3.20. The summed E-state index contributed by atoms with van der Waals surface area (Å²) in [5.74, 6) is -0.206. The Morgan fingerprint density at radius 3 is 2.61 bits per heavy atom. The summed E-state index contributed by atoms with van der Waals surface area (Å²) >= 11 is 3.34. The zero-order valence-corrected chi connectivity index (χ0v) is 20.2. The summed E-state index contributed by atoms with van der Waals surface area (Å²) in [6, 6.07) is 15.9. The van der Waals surface area contributed by atoms with Gasteiger partial charge < -0.3 is 9.47 Å². The lowest BCUT2D eigenvalue weighted by atomic mass is 10.1.